The highest BCUT2D eigenvalue weighted by molar-refractivity contribution is 7.87. The van der Waals surface area contributed by atoms with Crippen LogP contribution < -0.4 is 9.44 Å². The Hall–Kier alpha value is -0.270. The first-order chi connectivity index (χ1) is 6.35. The fourth-order valence-electron chi connectivity index (χ4n) is 1.55. The average molecular weight is 228 g/mol. The first kappa shape index (κ1) is 11.8. The van der Waals surface area contributed by atoms with Crippen LogP contribution in [0.3, 0.4) is 0 Å². The van der Waals surface area contributed by atoms with Crippen molar-refractivity contribution in [2.75, 3.05) is 7.05 Å². The van der Waals surface area contributed by atoms with Gasteiger partial charge in [0.2, 0.25) is 5.92 Å². The quantitative estimate of drug-likeness (QED) is 0.744. The minimum atomic E-state index is -3.60. The van der Waals surface area contributed by atoms with Crippen LogP contribution in [0.1, 0.15) is 25.7 Å². The number of rotatable bonds is 3. The molecule has 2 N–H and O–H groups in total. The van der Waals surface area contributed by atoms with Crippen molar-refractivity contribution in [2.24, 2.45) is 0 Å². The van der Waals surface area contributed by atoms with E-state index in [-0.39, 0.29) is 6.42 Å². The van der Waals surface area contributed by atoms with Gasteiger partial charge in [0.25, 0.3) is 10.2 Å². The standard InChI is InChI=1S/C7H14F2N2O2S/c1-10-14(12,13)11-6-3-2-4-7(8,9)5-6/h6,10-11H,2-5H2,1H3. The van der Waals surface area contributed by atoms with E-state index in [1.807, 2.05) is 4.72 Å². The number of hydrogen-bond donors (Lipinski definition) is 2. The van der Waals surface area contributed by atoms with Gasteiger partial charge in [0.1, 0.15) is 0 Å². The van der Waals surface area contributed by atoms with E-state index in [1.165, 1.54) is 7.05 Å². The van der Waals surface area contributed by atoms with Crippen LogP contribution in [0.4, 0.5) is 8.78 Å². The summed E-state index contributed by atoms with van der Waals surface area (Å²) < 4.78 is 52.0. The lowest BCUT2D eigenvalue weighted by Gasteiger charge is -2.28. The molecule has 7 heteroatoms. The molecule has 0 radical (unpaired) electrons. The topological polar surface area (TPSA) is 58.2 Å². The van der Waals surface area contributed by atoms with E-state index in [0.29, 0.717) is 12.8 Å². The molecule has 4 nitrogen and oxygen atoms in total. The largest absolute Gasteiger partial charge is 0.276 e. The fourth-order valence-corrected chi connectivity index (χ4v) is 2.31. The van der Waals surface area contributed by atoms with Gasteiger partial charge in [0, 0.05) is 25.9 Å². The Bertz CT molecular complexity index is 292. The minimum Gasteiger partial charge on any atom is -0.207 e. The van der Waals surface area contributed by atoms with Gasteiger partial charge in [0.15, 0.2) is 0 Å². The van der Waals surface area contributed by atoms with Gasteiger partial charge in [0.05, 0.1) is 0 Å². The van der Waals surface area contributed by atoms with Crippen LogP contribution >= 0.6 is 0 Å². The number of alkyl halides is 2. The summed E-state index contributed by atoms with van der Waals surface area (Å²) in [5.41, 5.74) is 0. The zero-order valence-corrected chi connectivity index (χ0v) is 8.70. The Balaban J connectivity index is 2.54. The third-order valence-electron chi connectivity index (χ3n) is 2.23. The smallest absolute Gasteiger partial charge is 0.207 e. The van der Waals surface area contributed by atoms with E-state index in [2.05, 4.69) is 4.72 Å². The Labute approximate surface area is 82.3 Å². The first-order valence-corrected chi connectivity index (χ1v) is 5.91. The highest BCUT2D eigenvalue weighted by Gasteiger charge is 2.37. The predicted octanol–water partition coefficient (Wildman–Crippen LogP) is 0.618. The SMILES string of the molecule is CNS(=O)(=O)NC1CCCC(F)(F)C1. The second-order valence-electron chi connectivity index (χ2n) is 3.47. The summed E-state index contributed by atoms with van der Waals surface area (Å²) in [7, 11) is -2.36. The Morgan fingerprint density at radius 2 is 2.07 bits per heavy atom. The molecule has 0 aromatic rings. The Kier molecular flexibility index (Phi) is 3.44. The molecule has 84 valence electrons. The van der Waals surface area contributed by atoms with Crippen molar-refractivity contribution in [3.63, 3.8) is 0 Å². The maximum absolute atomic E-state index is 12.9. The maximum atomic E-state index is 12.9. The molecule has 0 bridgehead atoms. The normalized spacial score (nSPS) is 27.5. The zero-order chi connectivity index (χ0) is 10.8. The van der Waals surface area contributed by atoms with E-state index < -0.39 is 28.6 Å². The third-order valence-corrected chi connectivity index (χ3v) is 3.41. The number of nitrogens with one attached hydrogen (secondary N) is 2. The molecule has 1 aliphatic rings. The molecule has 0 aliphatic heterocycles. The highest BCUT2D eigenvalue weighted by Crippen LogP contribution is 2.33. The zero-order valence-electron chi connectivity index (χ0n) is 7.89. The molecular weight excluding hydrogens is 214 g/mol. The van der Waals surface area contributed by atoms with Crippen LogP contribution in [-0.2, 0) is 10.2 Å². The molecule has 0 saturated heterocycles. The van der Waals surface area contributed by atoms with Crippen molar-refractivity contribution in [2.45, 2.75) is 37.6 Å². The summed E-state index contributed by atoms with van der Waals surface area (Å²) in [6.45, 7) is 0. The fraction of sp³-hybridized carbons (Fsp3) is 1.00. The van der Waals surface area contributed by atoms with Crippen molar-refractivity contribution in [3.8, 4) is 0 Å². The summed E-state index contributed by atoms with van der Waals surface area (Å²) in [6.07, 6.45) is 0.263. The van der Waals surface area contributed by atoms with Gasteiger partial charge in [-0.2, -0.15) is 13.1 Å². The summed E-state index contributed by atoms with van der Waals surface area (Å²) in [6, 6.07) is -0.656. The second kappa shape index (κ2) is 4.08. The predicted molar refractivity (Wildman–Crippen MR) is 48.3 cm³/mol. The van der Waals surface area contributed by atoms with E-state index in [0.717, 1.165) is 0 Å². The average Bonchev–Trinajstić information content (AvgIpc) is 2.01. The van der Waals surface area contributed by atoms with E-state index in [1.54, 1.807) is 0 Å². The Morgan fingerprint density at radius 1 is 1.43 bits per heavy atom. The first-order valence-electron chi connectivity index (χ1n) is 4.43. The molecule has 1 aliphatic carbocycles. The molecule has 1 rings (SSSR count). The third kappa shape index (κ3) is 3.47. The molecule has 1 saturated carbocycles. The van der Waals surface area contributed by atoms with Crippen molar-refractivity contribution < 1.29 is 17.2 Å². The molecule has 1 atom stereocenters. The van der Waals surface area contributed by atoms with Crippen LogP contribution in [0.2, 0.25) is 0 Å². The maximum Gasteiger partial charge on any atom is 0.276 e. The molecular formula is C7H14F2N2O2S. The Morgan fingerprint density at radius 3 is 2.57 bits per heavy atom. The second-order valence-corrected chi connectivity index (χ2v) is 5.13. The monoisotopic (exact) mass is 228 g/mol. The lowest BCUT2D eigenvalue weighted by Crippen LogP contribution is -2.45. The molecule has 0 heterocycles. The van der Waals surface area contributed by atoms with Crippen molar-refractivity contribution in [1.82, 2.24) is 9.44 Å². The van der Waals surface area contributed by atoms with Crippen molar-refractivity contribution in [1.29, 1.82) is 0 Å². The molecule has 0 aromatic carbocycles. The summed E-state index contributed by atoms with van der Waals surface area (Å²) in [4.78, 5) is 0. The van der Waals surface area contributed by atoms with Crippen LogP contribution in [0, 0.1) is 0 Å². The van der Waals surface area contributed by atoms with E-state index in [4.69, 9.17) is 0 Å². The summed E-state index contributed by atoms with van der Waals surface area (Å²) in [5.74, 6) is -2.74. The van der Waals surface area contributed by atoms with Crippen LogP contribution in [-0.4, -0.2) is 27.4 Å². The lowest BCUT2D eigenvalue weighted by molar-refractivity contribution is -0.0414. The molecule has 0 amide bonds. The summed E-state index contributed by atoms with van der Waals surface area (Å²) in [5, 5.41) is 0. The molecule has 1 unspecified atom stereocenters. The van der Waals surface area contributed by atoms with Gasteiger partial charge in [-0.05, 0) is 12.8 Å². The van der Waals surface area contributed by atoms with E-state index >= 15 is 0 Å². The number of halogens is 2. The van der Waals surface area contributed by atoms with Gasteiger partial charge in [-0.15, -0.1) is 0 Å². The van der Waals surface area contributed by atoms with Crippen LogP contribution in [0.5, 0.6) is 0 Å². The molecule has 14 heavy (non-hydrogen) atoms. The van der Waals surface area contributed by atoms with E-state index in [9.17, 15) is 17.2 Å². The van der Waals surface area contributed by atoms with Crippen LogP contribution in [0.15, 0.2) is 0 Å². The highest BCUT2D eigenvalue weighted by atomic mass is 32.2. The lowest BCUT2D eigenvalue weighted by atomic mass is 9.93. The van der Waals surface area contributed by atoms with Crippen molar-refractivity contribution in [3.05, 3.63) is 0 Å². The molecule has 0 aromatic heterocycles. The molecule has 0 spiro atoms. The van der Waals surface area contributed by atoms with Gasteiger partial charge in [-0.1, -0.05) is 0 Å². The van der Waals surface area contributed by atoms with Gasteiger partial charge in [-0.25, -0.2) is 13.5 Å². The van der Waals surface area contributed by atoms with Gasteiger partial charge >= 0.3 is 0 Å². The van der Waals surface area contributed by atoms with Gasteiger partial charge in [-0.3, -0.25) is 0 Å². The summed E-state index contributed by atoms with van der Waals surface area (Å²) >= 11 is 0. The molecule has 1 fully saturated rings. The van der Waals surface area contributed by atoms with Crippen molar-refractivity contribution >= 4 is 10.2 Å². The minimum absolute atomic E-state index is 0.148. The van der Waals surface area contributed by atoms with Crippen LogP contribution in [0.25, 0.3) is 0 Å². The number of hydrogen-bond acceptors (Lipinski definition) is 2. The van der Waals surface area contributed by atoms with Gasteiger partial charge < -0.3 is 0 Å².